The lowest BCUT2D eigenvalue weighted by Crippen LogP contribution is -2.44. The zero-order valence-electron chi connectivity index (χ0n) is 9.24. The van der Waals surface area contributed by atoms with Gasteiger partial charge in [-0.25, -0.2) is 5.84 Å². The van der Waals surface area contributed by atoms with E-state index in [0.717, 1.165) is 0 Å². The highest BCUT2D eigenvalue weighted by molar-refractivity contribution is 5.80. The third kappa shape index (κ3) is 4.55. The molecule has 1 amide bonds. The number of nitrogens with two attached hydrogens (primary N) is 1. The quantitative estimate of drug-likeness (QED) is 0.364. The Kier molecular flexibility index (Phi) is 6.44. The predicted octanol–water partition coefficient (Wildman–Crippen LogP) is 0.0524. The van der Waals surface area contributed by atoms with Crippen molar-refractivity contribution < 1.29 is 14.3 Å². The fourth-order valence-electron chi connectivity index (χ4n) is 1.13. The molecule has 2 atom stereocenters. The maximum absolute atomic E-state index is 11.3. The summed E-state index contributed by atoms with van der Waals surface area (Å²) in [5.41, 5.74) is 2.09. The van der Waals surface area contributed by atoms with Crippen molar-refractivity contribution in [1.82, 2.24) is 5.43 Å². The third-order valence-electron chi connectivity index (χ3n) is 1.79. The Morgan fingerprint density at radius 2 is 2.00 bits per heavy atom. The molecule has 5 heteroatoms. The second-order valence-corrected chi connectivity index (χ2v) is 3.58. The largest absolute Gasteiger partial charge is 0.382 e. The van der Waals surface area contributed by atoms with Crippen LogP contribution in [0.25, 0.3) is 0 Å². The summed E-state index contributed by atoms with van der Waals surface area (Å²) in [6, 6.07) is 0. The van der Waals surface area contributed by atoms with Crippen LogP contribution >= 0.6 is 0 Å². The van der Waals surface area contributed by atoms with E-state index >= 15 is 0 Å². The third-order valence-corrected chi connectivity index (χ3v) is 1.79. The zero-order valence-corrected chi connectivity index (χ0v) is 9.24. The molecule has 2 unspecified atom stereocenters. The van der Waals surface area contributed by atoms with E-state index in [4.69, 9.17) is 15.3 Å². The van der Waals surface area contributed by atoms with Crippen LogP contribution in [0.4, 0.5) is 0 Å². The lowest BCUT2D eigenvalue weighted by atomic mass is 10.1. The van der Waals surface area contributed by atoms with Gasteiger partial charge in [0.2, 0.25) is 0 Å². The number of ether oxygens (including phenoxy) is 2. The van der Waals surface area contributed by atoms with Crippen LogP contribution in [0.2, 0.25) is 0 Å². The molecule has 0 radical (unpaired) electrons. The number of amides is 1. The van der Waals surface area contributed by atoms with Gasteiger partial charge >= 0.3 is 0 Å². The molecule has 0 saturated carbocycles. The highest BCUT2D eigenvalue weighted by Crippen LogP contribution is 2.09. The Morgan fingerprint density at radius 3 is 2.36 bits per heavy atom. The van der Waals surface area contributed by atoms with Crippen molar-refractivity contribution in [3.05, 3.63) is 0 Å². The molecule has 0 aromatic heterocycles. The van der Waals surface area contributed by atoms with Crippen LogP contribution in [-0.2, 0) is 14.3 Å². The van der Waals surface area contributed by atoms with Crippen LogP contribution < -0.4 is 11.3 Å². The molecule has 0 aliphatic heterocycles. The number of hydrazine groups is 1. The van der Waals surface area contributed by atoms with E-state index in [-0.39, 0.29) is 17.9 Å². The van der Waals surface area contributed by atoms with Gasteiger partial charge in [-0.1, -0.05) is 13.8 Å². The fourth-order valence-corrected chi connectivity index (χ4v) is 1.13. The number of nitrogens with one attached hydrogen (secondary N) is 1. The molecular weight excluding hydrogens is 184 g/mol. The topological polar surface area (TPSA) is 73.6 Å². The van der Waals surface area contributed by atoms with Crippen molar-refractivity contribution >= 4 is 5.91 Å². The first-order chi connectivity index (χ1) is 6.52. The molecule has 0 aromatic rings. The van der Waals surface area contributed by atoms with E-state index < -0.39 is 6.10 Å². The maximum Gasteiger partial charge on any atom is 0.263 e. The molecule has 5 nitrogen and oxygen atoms in total. The van der Waals surface area contributed by atoms with Gasteiger partial charge in [0.25, 0.3) is 5.91 Å². The summed E-state index contributed by atoms with van der Waals surface area (Å²) in [4.78, 5) is 11.3. The molecular formula is C9H20N2O3. The SMILES string of the molecule is COCC(C)OC(C(=O)NN)C(C)C. The summed E-state index contributed by atoms with van der Waals surface area (Å²) in [5, 5.41) is 0. The Labute approximate surface area is 84.9 Å². The minimum atomic E-state index is -0.523. The Bertz CT molecular complexity index is 173. The van der Waals surface area contributed by atoms with Crippen LogP contribution in [0, 0.1) is 5.92 Å². The predicted molar refractivity (Wildman–Crippen MR) is 53.4 cm³/mol. The normalized spacial score (nSPS) is 15.3. The number of hydrogen-bond donors (Lipinski definition) is 2. The van der Waals surface area contributed by atoms with Crippen LogP contribution in [0.3, 0.4) is 0 Å². The summed E-state index contributed by atoms with van der Waals surface area (Å²) in [6.07, 6.45) is -0.644. The molecule has 0 aliphatic carbocycles. The Hall–Kier alpha value is -0.650. The summed E-state index contributed by atoms with van der Waals surface area (Å²) in [7, 11) is 1.59. The van der Waals surface area contributed by atoms with E-state index in [1.54, 1.807) is 7.11 Å². The summed E-state index contributed by atoms with van der Waals surface area (Å²) in [5.74, 6) is 4.83. The Morgan fingerprint density at radius 1 is 1.43 bits per heavy atom. The maximum atomic E-state index is 11.3. The smallest absolute Gasteiger partial charge is 0.263 e. The standard InChI is InChI=1S/C9H20N2O3/c1-6(2)8(9(12)11-10)14-7(3)5-13-4/h6-8H,5,10H2,1-4H3,(H,11,12). The molecule has 84 valence electrons. The van der Waals surface area contributed by atoms with Gasteiger partial charge < -0.3 is 9.47 Å². The van der Waals surface area contributed by atoms with Gasteiger partial charge in [-0.05, 0) is 12.8 Å². The van der Waals surface area contributed by atoms with Crippen LogP contribution in [0.15, 0.2) is 0 Å². The molecule has 0 heterocycles. The lowest BCUT2D eigenvalue weighted by molar-refractivity contribution is -0.142. The molecule has 0 bridgehead atoms. The number of carbonyl (C=O) groups is 1. The van der Waals surface area contributed by atoms with E-state index in [9.17, 15) is 4.79 Å². The first kappa shape index (κ1) is 13.4. The average Bonchev–Trinajstić information content (AvgIpc) is 2.13. The monoisotopic (exact) mass is 204 g/mol. The summed E-state index contributed by atoms with van der Waals surface area (Å²) < 4.78 is 10.4. The molecule has 0 aromatic carbocycles. The summed E-state index contributed by atoms with van der Waals surface area (Å²) >= 11 is 0. The molecule has 0 rings (SSSR count). The van der Waals surface area contributed by atoms with E-state index in [0.29, 0.717) is 6.61 Å². The van der Waals surface area contributed by atoms with E-state index in [1.165, 1.54) is 0 Å². The molecule has 14 heavy (non-hydrogen) atoms. The average molecular weight is 204 g/mol. The van der Waals surface area contributed by atoms with Gasteiger partial charge in [0.15, 0.2) is 0 Å². The van der Waals surface area contributed by atoms with Crippen molar-refractivity contribution in [3.8, 4) is 0 Å². The van der Waals surface area contributed by atoms with Crippen molar-refractivity contribution in [2.24, 2.45) is 11.8 Å². The van der Waals surface area contributed by atoms with Crippen molar-refractivity contribution in [3.63, 3.8) is 0 Å². The van der Waals surface area contributed by atoms with Gasteiger partial charge in [-0.15, -0.1) is 0 Å². The van der Waals surface area contributed by atoms with E-state index in [1.807, 2.05) is 20.8 Å². The molecule has 0 fully saturated rings. The molecule has 3 N–H and O–H groups in total. The highest BCUT2D eigenvalue weighted by atomic mass is 16.5. The fraction of sp³-hybridized carbons (Fsp3) is 0.889. The van der Waals surface area contributed by atoms with Crippen LogP contribution in [0.1, 0.15) is 20.8 Å². The highest BCUT2D eigenvalue weighted by Gasteiger charge is 2.24. The molecule has 0 spiro atoms. The van der Waals surface area contributed by atoms with Gasteiger partial charge in [-0.3, -0.25) is 10.2 Å². The number of rotatable bonds is 6. The number of methoxy groups -OCH3 is 1. The number of carbonyl (C=O) groups excluding carboxylic acids is 1. The van der Waals surface area contributed by atoms with Gasteiger partial charge in [0.1, 0.15) is 6.10 Å². The van der Waals surface area contributed by atoms with Gasteiger partial charge in [0, 0.05) is 7.11 Å². The second-order valence-electron chi connectivity index (χ2n) is 3.58. The van der Waals surface area contributed by atoms with Crippen LogP contribution in [-0.4, -0.2) is 31.8 Å². The van der Waals surface area contributed by atoms with Crippen molar-refractivity contribution in [2.45, 2.75) is 33.0 Å². The molecule has 0 saturated heterocycles. The van der Waals surface area contributed by atoms with Gasteiger partial charge in [-0.2, -0.15) is 0 Å². The first-order valence-corrected chi connectivity index (χ1v) is 4.67. The minimum Gasteiger partial charge on any atom is -0.382 e. The van der Waals surface area contributed by atoms with E-state index in [2.05, 4.69) is 5.43 Å². The second kappa shape index (κ2) is 6.75. The number of hydrogen-bond acceptors (Lipinski definition) is 4. The summed E-state index contributed by atoms with van der Waals surface area (Å²) in [6.45, 7) is 6.11. The molecule has 0 aliphatic rings. The van der Waals surface area contributed by atoms with Gasteiger partial charge in [0.05, 0.1) is 12.7 Å². The van der Waals surface area contributed by atoms with Crippen LogP contribution in [0.5, 0.6) is 0 Å². The Balaban J connectivity index is 4.16. The lowest BCUT2D eigenvalue weighted by Gasteiger charge is -2.23. The minimum absolute atomic E-state index is 0.0813. The van der Waals surface area contributed by atoms with Crippen molar-refractivity contribution in [1.29, 1.82) is 0 Å². The first-order valence-electron chi connectivity index (χ1n) is 4.67. The zero-order chi connectivity index (χ0) is 11.1. The van der Waals surface area contributed by atoms with Crippen molar-refractivity contribution in [2.75, 3.05) is 13.7 Å².